The van der Waals surface area contributed by atoms with E-state index < -0.39 is 18.6 Å². The molecule has 1 unspecified atom stereocenters. The van der Waals surface area contributed by atoms with Gasteiger partial charge in [-0.2, -0.15) is 0 Å². The molecular formula is C27H30N2O6. The SMILES string of the molecule is COc1ccc(C(=O)COC(=O)c2ccc(N3C(=O)CC(N4[C@H](C)CCC[C@@H]4C)C3=O)cc2)cc1. The van der Waals surface area contributed by atoms with Gasteiger partial charge in [-0.25, -0.2) is 9.69 Å². The van der Waals surface area contributed by atoms with E-state index in [1.54, 1.807) is 36.4 Å². The first-order chi connectivity index (χ1) is 16.8. The number of nitrogens with zero attached hydrogens (tertiary/aromatic N) is 2. The number of amides is 2. The van der Waals surface area contributed by atoms with Crippen LogP contribution in [0.1, 0.15) is 60.2 Å². The van der Waals surface area contributed by atoms with Crippen LogP contribution in [0.25, 0.3) is 0 Å². The number of carbonyl (C=O) groups excluding carboxylic acids is 4. The molecule has 2 heterocycles. The molecule has 0 bridgehead atoms. The predicted octanol–water partition coefficient (Wildman–Crippen LogP) is 3.63. The van der Waals surface area contributed by atoms with Gasteiger partial charge >= 0.3 is 5.97 Å². The summed E-state index contributed by atoms with van der Waals surface area (Å²) in [6, 6.07) is 12.7. The van der Waals surface area contributed by atoms with Gasteiger partial charge in [-0.05, 0) is 75.2 Å². The Bertz CT molecular complexity index is 1100. The molecule has 8 heteroatoms. The first kappa shape index (κ1) is 24.6. The van der Waals surface area contributed by atoms with Crippen LogP contribution in [0.2, 0.25) is 0 Å². The second-order valence-corrected chi connectivity index (χ2v) is 9.14. The molecule has 0 aliphatic carbocycles. The summed E-state index contributed by atoms with van der Waals surface area (Å²) < 4.78 is 10.2. The molecule has 0 spiro atoms. The lowest BCUT2D eigenvalue weighted by Gasteiger charge is -2.41. The summed E-state index contributed by atoms with van der Waals surface area (Å²) in [5.41, 5.74) is 1.06. The van der Waals surface area contributed by atoms with E-state index in [0.717, 1.165) is 19.3 Å². The molecule has 2 aliphatic heterocycles. The van der Waals surface area contributed by atoms with E-state index in [2.05, 4.69) is 18.7 Å². The summed E-state index contributed by atoms with van der Waals surface area (Å²) in [7, 11) is 1.54. The maximum atomic E-state index is 13.2. The molecule has 2 amide bonds. The molecule has 184 valence electrons. The number of hydrogen-bond acceptors (Lipinski definition) is 7. The van der Waals surface area contributed by atoms with Crippen LogP contribution in [0.3, 0.4) is 0 Å². The Balaban J connectivity index is 1.39. The minimum absolute atomic E-state index is 0.158. The number of imide groups is 1. The molecule has 2 aromatic carbocycles. The quantitative estimate of drug-likeness (QED) is 0.341. The number of anilines is 1. The minimum atomic E-state index is -0.661. The van der Waals surface area contributed by atoms with Crippen molar-refractivity contribution < 1.29 is 28.7 Å². The number of rotatable bonds is 7. The van der Waals surface area contributed by atoms with Gasteiger partial charge in [-0.3, -0.25) is 19.3 Å². The number of Topliss-reactive ketones (excluding diaryl/α,β-unsaturated/α-hetero) is 1. The van der Waals surface area contributed by atoms with Gasteiger partial charge in [0.2, 0.25) is 5.91 Å². The van der Waals surface area contributed by atoms with Crippen LogP contribution in [0, 0.1) is 0 Å². The minimum Gasteiger partial charge on any atom is -0.497 e. The summed E-state index contributed by atoms with van der Waals surface area (Å²) in [5, 5.41) is 0. The van der Waals surface area contributed by atoms with Crippen molar-refractivity contribution in [2.24, 2.45) is 0 Å². The van der Waals surface area contributed by atoms with Crippen molar-refractivity contribution in [3.8, 4) is 5.75 Å². The van der Waals surface area contributed by atoms with Crippen LogP contribution in [0.4, 0.5) is 5.69 Å². The maximum Gasteiger partial charge on any atom is 0.338 e. The van der Waals surface area contributed by atoms with Crippen LogP contribution >= 0.6 is 0 Å². The Morgan fingerprint density at radius 1 is 0.914 bits per heavy atom. The lowest BCUT2D eigenvalue weighted by Crippen LogP contribution is -2.52. The normalized spacial score (nSPS) is 22.8. The van der Waals surface area contributed by atoms with Gasteiger partial charge in [0.15, 0.2) is 12.4 Å². The van der Waals surface area contributed by atoms with E-state index in [1.165, 1.54) is 24.1 Å². The van der Waals surface area contributed by atoms with Crippen molar-refractivity contribution in [1.82, 2.24) is 4.90 Å². The molecule has 2 aromatic rings. The molecule has 0 saturated carbocycles. The highest BCUT2D eigenvalue weighted by atomic mass is 16.5. The molecule has 0 aromatic heterocycles. The second kappa shape index (κ2) is 10.4. The molecule has 8 nitrogen and oxygen atoms in total. The lowest BCUT2D eigenvalue weighted by molar-refractivity contribution is -0.124. The lowest BCUT2D eigenvalue weighted by atomic mass is 9.94. The van der Waals surface area contributed by atoms with Crippen LogP contribution in [-0.4, -0.2) is 60.3 Å². The number of piperidine rings is 1. The van der Waals surface area contributed by atoms with Crippen molar-refractivity contribution in [1.29, 1.82) is 0 Å². The summed E-state index contributed by atoms with van der Waals surface area (Å²) in [6.45, 7) is 3.82. The molecule has 2 aliphatic rings. The fourth-order valence-corrected chi connectivity index (χ4v) is 5.00. The van der Waals surface area contributed by atoms with Crippen molar-refractivity contribution in [2.75, 3.05) is 18.6 Å². The molecule has 0 N–H and O–H groups in total. The van der Waals surface area contributed by atoms with Crippen molar-refractivity contribution in [3.05, 3.63) is 59.7 Å². The molecule has 4 rings (SSSR count). The van der Waals surface area contributed by atoms with Gasteiger partial charge in [-0.15, -0.1) is 0 Å². The smallest absolute Gasteiger partial charge is 0.338 e. The summed E-state index contributed by atoms with van der Waals surface area (Å²) in [6.07, 6.45) is 3.31. The van der Waals surface area contributed by atoms with E-state index >= 15 is 0 Å². The largest absolute Gasteiger partial charge is 0.497 e. The average Bonchev–Trinajstić information content (AvgIpc) is 3.15. The molecule has 3 atom stereocenters. The summed E-state index contributed by atoms with van der Waals surface area (Å²) >= 11 is 0. The number of methoxy groups -OCH3 is 1. The molecule has 2 saturated heterocycles. The number of ether oxygens (including phenoxy) is 2. The zero-order valence-corrected chi connectivity index (χ0v) is 20.2. The third kappa shape index (κ3) is 5.12. The Morgan fingerprint density at radius 3 is 2.11 bits per heavy atom. The molecule has 35 heavy (non-hydrogen) atoms. The summed E-state index contributed by atoms with van der Waals surface area (Å²) in [5.74, 6) is -0.842. The highest BCUT2D eigenvalue weighted by Gasteiger charge is 2.46. The zero-order chi connectivity index (χ0) is 25.1. The van der Waals surface area contributed by atoms with Crippen LogP contribution in [0.5, 0.6) is 5.75 Å². The van der Waals surface area contributed by atoms with Crippen molar-refractivity contribution in [2.45, 2.75) is 57.7 Å². The Kier molecular flexibility index (Phi) is 7.31. The van der Waals surface area contributed by atoms with Crippen molar-refractivity contribution >= 4 is 29.3 Å². The Hall–Kier alpha value is -3.52. The van der Waals surface area contributed by atoms with E-state index in [0.29, 0.717) is 17.0 Å². The highest BCUT2D eigenvalue weighted by Crippen LogP contribution is 2.32. The Labute approximate surface area is 204 Å². The standard InChI is InChI=1S/C27H30N2O6/c1-17-5-4-6-18(2)28(17)23-15-25(31)29(26(23)32)21-11-7-20(8-12-21)27(33)35-16-24(30)19-9-13-22(34-3)14-10-19/h7-14,17-18,23H,4-6,15-16H2,1-3H3/t17-,18+,23?. The van der Waals surface area contributed by atoms with E-state index in [4.69, 9.17) is 9.47 Å². The third-order valence-corrected chi connectivity index (χ3v) is 6.85. The number of hydrogen-bond donors (Lipinski definition) is 0. The Morgan fingerprint density at radius 2 is 1.51 bits per heavy atom. The first-order valence-electron chi connectivity index (χ1n) is 11.9. The third-order valence-electron chi connectivity index (χ3n) is 6.85. The maximum absolute atomic E-state index is 13.2. The van der Waals surface area contributed by atoms with E-state index in [1.807, 2.05) is 0 Å². The van der Waals surface area contributed by atoms with Gasteiger partial charge in [0.05, 0.1) is 30.8 Å². The second-order valence-electron chi connectivity index (χ2n) is 9.14. The number of benzene rings is 2. The number of esters is 1. The first-order valence-corrected chi connectivity index (χ1v) is 11.9. The number of carbonyl (C=O) groups is 4. The van der Waals surface area contributed by atoms with Crippen LogP contribution in [0.15, 0.2) is 48.5 Å². The highest BCUT2D eigenvalue weighted by molar-refractivity contribution is 6.22. The molecule has 2 fully saturated rings. The van der Waals surface area contributed by atoms with Crippen LogP contribution in [-0.2, 0) is 14.3 Å². The average molecular weight is 479 g/mol. The van der Waals surface area contributed by atoms with E-state index in [-0.39, 0.29) is 41.7 Å². The fourth-order valence-electron chi connectivity index (χ4n) is 5.00. The van der Waals surface area contributed by atoms with Gasteiger partial charge < -0.3 is 9.47 Å². The zero-order valence-electron chi connectivity index (χ0n) is 20.2. The monoisotopic (exact) mass is 478 g/mol. The number of likely N-dealkylation sites (tertiary alicyclic amines) is 1. The van der Waals surface area contributed by atoms with Gasteiger partial charge in [0, 0.05) is 17.6 Å². The predicted molar refractivity (Wildman–Crippen MR) is 130 cm³/mol. The summed E-state index contributed by atoms with van der Waals surface area (Å²) in [4.78, 5) is 54.1. The molecule has 0 radical (unpaired) electrons. The molecular weight excluding hydrogens is 448 g/mol. The van der Waals surface area contributed by atoms with Crippen molar-refractivity contribution in [3.63, 3.8) is 0 Å². The van der Waals surface area contributed by atoms with Crippen LogP contribution < -0.4 is 9.64 Å². The fraction of sp³-hybridized carbons (Fsp3) is 0.407. The van der Waals surface area contributed by atoms with E-state index in [9.17, 15) is 19.2 Å². The number of ketones is 1. The van der Waals surface area contributed by atoms with Gasteiger partial charge in [-0.1, -0.05) is 6.42 Å². The van der Waals surface area contributed by atoms with Gasteiger partial charge in [0.1, 0.15) is 5.75 Å². The topological polar surface area (TPSA) is 93.2 Å². The van der Waals surface area contributed by atoms with Gasteiger partial charge in [0.25, 0.3) is 5.91 Å².